The van der Waals surface area contributed by atoms with E-state index in [4.69, 9.17) is 5.73 Å². The summed E-state index contributed by atoms with van der Waals surface area (Å²) in [6.07, 6.45) is 3.80. The predicted octanol–water partition coefficient (Wildman–Crippen LogP) is 0.676. The van der Waals surface area contributed by atoms with Crippen molar-refractivity contribution in [3.05, 3.63) is 35.9 Å². The van der Waals surface area contributed by atoms with Crippen LogP contribution in [0.1, 0.15) is 12.0 Å². The summed E-state index contributed by atoms with van der Waals surface area (Å²) in [4.78, 5) is -0.0119. The summed E-state index contributed by atoms with van der Waals surface area (Å²) in [7, 11) is -3.71. The third kappa shape index (κ3) is 3.76. The van der Waals surface area contributed by atoms with Gasteiger partial charge >= 0.3 is 0 Å². The zero-order valence-corrected chi connectivity index (χ0v) is 12.3. The normalized spacial score (nSPS) is 11.7. The maximum atomic E-state index is 13.3. The topological polar surface area (TPSA) is 103 Å². The molecule has 2 rings (SSSR count). The fourth-order valence-electron chi connectivity index (χ4n) is 1.84. The fraction of sp³-hybridized carbons (Fsp3) is 0.333. The van der Waals surface area contributed by atoms with Crippen LogP contribution in [0.4, 0.5) is 10.1 Å². The molecule has 3 N–H and O–H groups in total. The molecule has 7 nitrogen and oxygen atoms in total. The molecule has 0 unspecified atom stereocenters. The van der Waals surface area contributed by atoms with Gasteiger partial charge in [0.1, 0.15) is 5.82 Å². The van der Waals surface area contributed by atoms with Crippen LogP contribution in [-0.4, -0.2) is 30.0 Å². The van der Waals surface area contributed by atoms with Crippen LogP contribution in [0.25, 0.3) is 0 Å². The molecule has 0 aliphatic carbocycles. The molecule has 0 amide bonds. The molecular formula is C12H16FN5O2S. The van der Waals surface area contributed by atoms with E-state index in [9.17, 15) is 12.8 Å². The summed E-state index contributed by atoms with van der Waals surface area (Å²) in [5.41, 5.74) is 5.54. The minimum atomic E-state index is -3.71. The Labute approximate surface area is 122 Å². The Kier molecular flexibility index (Phi) is 4.53. The van der Waals surface area contributed by atoms with Crippen molar-refractivity contribution in [2.24, 2.45) is 0 Å². The number of sulfonamides is 1. The predicted molar refractivity (Wildman–Crippen MR) is 75.4 cm³/mol. The lowest BCUT2D eigenvalue weighted by Gasteiger charge is -2.10. The number of nitrogens with one attached hydrogen (secondary N) is 1. The Morgan fingerprint density at radius 3 is 2.86 bits per heavy atom. The van der Waals surface area contributed by atoms with E-state index in [0.29, 0.717) is 18.5 Å². The van der Waals surface area contributed by atoms with E-state index in [0.717, 1.165) is 12.1 Å². The van der Waals surface area contributed by atoms with Gasteiger partial charge in [-0.25, -0.2) is 17.5 Å². The highest BCUT2D eigenvalue weighted by Gasteiger charge is 2.18. The van der Waals surface area contributed by atoms with Crippen molar-refractivity contribution >= 4 is 15.7 Å². The minimum Gasteiger partial charge on any atom is -0.396 e. The summed E-state index contributed by atoms with van der Waals surface area (Å²) in [6.45, 7) is 2.30. The van der Waals surface area contributed by atoms with Crippen LogP contribution >= 0.6 is 0 Å². The maximum absolute atomic E-state index is 13.3. The Morgan fingerprint density at radius 2 is 2.19 bits per heavy atom. The number of nitrogen functional groups attached to an aromatic ring is 1. The molecule has 1 aromatic carbocycles. The number of rotatable bonds is 6. The van der Waals surface area contributed by atoms with Crippen molar-refractivity contribution < 1.29 is 12.8 Å². The quantitative estimate of drug-likeness (QED) is 0.603. The number of aromatic nitrogens is 3. The Bertz CT molecular complexity index is 715. The molecule has 0 spiro atoms. The maximum Gasteiger partial charge on any atom is 0.240 e. The third-order valence-corrected chi connectivity index (χ3v) is 4.51. The highest BCUT2D eigenvalue weighted by atomic mass is 32.2. The van der Waals surface area contributed by atoms with Gasteiger partial charge in [-0.05, 0) is 31.0 Å². The molecule has 9 heteroatoms. The largest absolute Gasteiger partial charge is 0.396 e. The second kappa shape index (κ2) is 6.19. The molecule has 0 saturated heterocycles. The monoisotopic (exact) mass is 313 g/mol. The highest BCUT2D eigenvalue weighted by Crippen LogP contribution is 2.21. The van der Waals surface area contributed by atoms with Gasteiger partial charge in [0.15, 0.2) is 0 Å². The molecule has 1 heterocycles. The summed E-state index contributed by atoms with van der Waals surface area (Å²) >= 11 is 0. The second-order valence-electron chi connectivity index (χ2n) is 4.56. The number of anilines is 1. The first-order valence-corrected chi connectivity index (χ1v) is 7.78. The SMILES string of the molecule is Cc1cc(F)c(N)cc1S(=O)(=O)NCCCn1ccnn1. The standard InChI is InChI=1S/C12H16FN5O2S/c1-9-7-10(13)11(14)8-12(9)21(19,20)16-3-2-5-18-6-4-15-17-18/h4,6-8,16H,2-3,5,14H2,1H3. The molecule has 0 atom stereocenters. The van der Waals surface area contributed by atoms with Gasteiger partial charge in [-0.1, -0.05) is 5.21 Å². The van der Waals surface area contributed by atoms with Gasteiger partial charge < -0.3 is 5.73 Å². The lowest BCUT2D eigenvalue weighted by Crippen LogP contribution is -2.26. The zero-order valence-electron chi connectivity index (χ0n) is 11.5. The first-order chi connectivity index (χ1) is 9.90. The first kappa shape index (κ1) is 15.4. The Balaban J connectivity index is 2.00. The Hall–Kier alpha value is -2.00. The molecule has 0 aliphatic heterocycles. The highest BCUT2D eigenvalue weighted by molar-refractivity contribution is 7.89. The number of aryl methyl sites for hydroxylation is 2. The van der Waals surface area contributed by atoms with E-state index in [-0.39, 0.29) is 17.1 Å². The van der Waals surface area contributed by atoms with E-state index in [1.54, 1.807) is 17.1 Å². The van der Waals surface area contributed by atoms with Crippen LogP contribution in [0.2, 0.25) is 0 Å². The minimum absolute atomic E-state index is 0.0119. The average Bonchev–Trinajstić information content (AvgIpc) is 2.92. The lowest BCUT2D eigenvalue weighted by atomic mass is 10.2. The number of hydrogen-bond acceptors (Lipinski definition) is 5. The number of nitrogens with two attached hydrogens (primary N) is 1. The van der Waals surface area contributed by atoms with E-state index >= 15 is 0 Å². The molecule has 0 radical (unpaired) electrons. The third-order valence-electron chi connectivity index (χ3n) is 2.91. The molecule has 0 bridgehead atoms. The number of hydrogen-bond donors (Lipinski definition) is 2. The average molecular weight is 313 g/mol. The molecule has 1 aromatic heterocycles. The number of halogens is 1. The van der Waals surface area contributed by atoms with Crippen molar-refractivity contribution in [2.45, 2.75) is 24.8 Å². The van der Waals surface area contributed by atoms with Crippen LogP contribution in [0.5, 0.6) is 0 Å². The lowest BCUT2D eigenvalue weighted by molar-refractivity contribution is 0.542. The molecule has 2 aromatic rings. The van der Waals surface area contributed by atoms with Crippen LogP contribution in [0, 0.1) is 12.7 Å². The van der Waals surface area contributed by atoms with Crippen molar-refractivity contribution in [1.29, 1.82) is 0 Å². The van der Waals surface area contributed by atoms with Crippen molar-refractivity contribution in [1.82, 2.24) is 19.7 Å². The zero-order chi connectivity index (χ0) is 15.5. The first-order valence-electron chi connectivity index (χ1n) is 6.29. The van der Waals surface area contributed by atoms with Gasteiger partial charge in [0.05, 0.1) is 16.8 Å². The fourth-order valence-corrected chi connectivity index (χ4v) is 3.17. The van der Waals surface area contributed by atoms with Gasteiger partial charge in [0.2, 0.25) is 10.0 Å². The molecule has 0 saturated carbocycles. The van der Waals surface area contributed by atoms with Crippen LogP contribution < -0.4 is 10.5 Å². The molecular weight excluding hydrogens is 297 g/mol. The summed E-state index contributed by atoms with van der Waals surface area (Å²) in [5, 5.41) is 7.43. The van der Waals surface area contributed by atoms with Gasteiger partial charge in [-0.2, -0.15) is 0 Å². The molecule has 0 aliphatic rings. The smallest absolute Gasteiger partial charge is 0.240 e. The Morgan fingerprint density at radius 1 is 1.43 bits per heavy atom. The second-order valence-corrected chi connectivity index (χ2v) is 6.29. The number of benzene rings is 1. The summed E-state index contributed by atoms with van der Waals surface area (Å²) < 4.78 is 41.6. The van der Waals surface area contributed by atoms with Crippen LogP contribution in [-0.2, 0) is 16.6 Å². The van der Waals surface area contributed by atoms with E-state index in [1.165, 1.54) is 6.92 Å². The molecule has 21 heavy (non-hydrogen) atoms. The van der Waals surface area contributed by atoms with Gasteiger partial charge in [-0.3, -0.25) is 4.68 Å². The van der Waals surface area contributed by atoms with Gasteiger partial charge in [-0.15, -0.1) is 5.10 Å². The van der Waals surface area contributed by atoms with E-state index in [2.05, 4.69) is 15.0 Å². The molecule has 0 fully saturated rings. The van der Waals surface area contributed by atoms with E-state index < -0.39 is 15.8 Å². The number of nitrogens with zero attached hydrogens (tertiary/aromatic N) is 3. The van der Waals surface area contributed by atoms with Gasteiger partial charge in [0, 0.05) is 19.3 Å². The van der Waals surface area contributed by atoms with E-state index in [1.807, 2.05) is 0 Å². The van der Waals surface area contributed by atoms with Crippen molar-refractivity contribution in [2.75, 3.05) is 12.3 Å². The van der Waals surface area contributed by atoms with Crippen molar-refractivity contribution in [3.63, 3.8) is 0 Å². The summed E-state index contributed by atoms with van der Waals surface area (Å²) in [5.74, 6) is -0.627. The van der Waals surface area contributed by atoms with Gasteiger partial charge in [0.25, 0.3) is 0 Å². The van der Waals surface area contributed by atoms with Crippen molar-refractivity contribution in [3.8, 4) is 0 Å². The summed E-state index contributed by atoms with van der Waals surface area (Å²) in [6, 6.07) is 2.24. The van der Waals surface area contributed by atoms with Crippen LogP contribution in [0.15, 0.2) is 29.4 Å². The van der Waals surface area contributed by atoms with Crippen LogP contribution in [0.3, 0.4) is 0 Å². The molecule has 114 valence electrons.